The van der Waals surface area contributed by atoms with Gasteiger partial charge >= 0.3 is 0 Å². The Hall–Kier alpha value is -1.99. The summed E-state index contributed by atoms with van der Waals surface area (Å²) in [6.07, 6.45) is 5.69. The summed E-state index contributed by atoms with van der Waals surface area (Å²) < 4.78 is 5.57. The zero-order chi connectivity index (χ0) is 13.8. The van der Waals surface area contributed by atoms with Crippen molar-refractivity contribution in [3.8, 4) is 18.1 Å². The first-order chi connectivity index (χ1) is 9.11. The van der Waals surface area contributed by atoms with E-state index in [1.54, 1.807) is 13.0 Å². The molecule has 4 nitrogen and oxygen atoms in total. The monoisotopic (exact) mass is 259 g/mol. The van der Waals surface area contributed by atoms with Crippen LogP contribution in [0.1, 0.15) is 30.6 Å². The number of hydrogen-bond acceptors (Lipinski definition) is 3. The minimum atomic E-state index is -0.599. The second-order valence-corrected chi connectivity index (χ2v) is 4.60. The van der Waals surface area contributed by atoms with E-state index in [4.69, 9.17) is 11.2 Å². The van der Waals surface area contributed by atoms with Gasteiger partial charge in [0.25, 0.3) is 5.91 Å². The number of carbonyl (C=O) groups is 1. The Labute approximate surface area is 112 Å². The average Bonchev–Trinajstić information content (AvgIpc) is 2.77. The van der Waals surface area contributed by atoms with Gasteiger partial charge < -0.3 is 15.2 Å². The van der Waals surface area contributed by atoms with Gasteiger partial charge in [-0.25, -0.2) is 0 Å². The van der Waals surface area contributed by atoms with Gasteiger partial charge in [0.2, 0.25) is 0 Å². The Bertz CT molecular complexity index is 519. The van der Waals surface area contributed by atoms with E-state index in [9.17, 15) is 9.90 Å². The minimum absolute atomic E-state index is 0.197. The summed E-state index contributed by atoms with van der Waals surface area (Å²) >= 11 is 0. The predicted molar refractivity (Wildman–Crippen MR) is 71.7 cm³/mol. The first-order valence-corrected chi connectivity index (χ1v) is 6.30. The second-order valence-electron chi connectivity index (χ2n) is 4.60. The molecule has 0 radical (unpaired) electrons. The molecule has 1 aromatic carbocycles. The van der Waals surface area contributed by atoms with E-state index in [1.807, 2.05) is 12.1 Å². The molecule has 1 amide bonds. The molecule has 0 aromatic heterocycles. The Morgan fingerprint density at radius 2 is 2.47 bits per heavy atom. The molecule has 0 heterocycles. The van der Waals surface area contributed by atoms with Crippen LogP contribution in [0.5, 0.6) is 5.75 Å². The molecular formula is C15H17NO3. The highest BCUT2D eigenvalue weighted by Crippen LogP contribution is 2.33. The zero-order valence-corrected chi connectivity index (χ0v) is 10.8. The Morgan fingerprint density at radius 1 is 1.68 bits per heavy atom. The van der Waals surface area contributed by atoms with E-state index >= 15 is 0 Å². The number of carbonyl (C=O) groups excluding carboxylic acids is 1. The van der Waals surface area contributed by atoms with E-state index in [-0.39, 0.29) is 18.6 Å². The summed E-state index contributed by atoms with van der Waals surface area (Å²) in [5.41, 5.74) is 2.04. The molecule has 0 saturated heterocycles. The Morgan fingerprint density at radius 3 is 3.21 bits per heavy atom. The van der Waals surface area contributed by atoms with Crippen molar-refractivity contribution in [1.29, 1.82) is 0 Å². The van der Waals surface area contributed by atoms with Crippen LogP contribution in [0.2, 0.25) is 0 Å². The van der Waals surface area contributed by atoms with Gasteiger partial charge in [0.1, 0.15) is 5.75 Å². The SMILES string of the molecule is C#CCNC(=O)C(C)Oc1ccc2c(c1)CC[C@H]2O. The lowest BCUT2D eigenvalue weighted by Gasteiger charge is -2.15. The van der Waals surface area contributed by atoms with Crippen molar-refractivity contribution in [2.45, 2.75) is 32.0 Å². The third-order valence-corrected chi connectivity index (χ3v) is 3.21. The molecular weight excluding hydrogens is 242 g/mol. The summed E-state index contributed by atoms with van der Waals surface area (Å²) in [5, 5.41) is 12.3. The summed E-state index contributed by atoms with van der Waals surface area (Å²) in [5.74, 6) is 2.74. The smallest absolute Gasteiger partial charge is 0.261 e. The van der Waals surface area contributed by atoms with Crippen LogP contribution in [0.25, 0.3) is 0 Å². The first kappa shape index (κ1) is 13.4. The van der Waals surface area contributed by atoms with Crippen molar-refractivity contribution < 1.29 is 14.6 Å². The fourth-order valence-electron chi connectivity index (χ4n) is 2.18. The van der Waals surface area contributed by atoms with Crippen LogP contribution in [0, 0.1) is 12.3 Å². The number of hydrogen-bond donors (Lipinski definition) is 2. The molecule has 0 saturated carbocycles. The lowest BCUT2D eigenvalue weighted by molar-refractivity contribution is -0.126. The Kier molecular flexibility index (Phi) is 4.08. The van der Waals surface area contributed by atoms with E-state index in [0.29, 0.717) is 5.75 Å². The van der Waals surface area contributed by atoms with Gasteiger partial charge in [-0.15, -0.1) is 6.42 Å². The normalized spacial score (nSPS) is 18.3. The molecule has 4 heteroatoms. The molecule has 0 aliphatic heterocycles. The van der Waals surface area contributed by atoms with Gasteiger partial charge in [0.15, 0.2) is 6.10 Å². The molecule has 2 N–H and O–H groups in total. The molecule has 100 valence electrons. The van der Waals surface area contributed by atoms with Crippen molar-refractivity contribution in [2.24, 2.45) is 0 Å². The minimum Gasteiger partial charge on any atom is -0.481 e. The highest BCUT2D eigenvalue weighted by Gasteiger charge is 2.21. The summed E-state index contributed by atoms with van der Waals surface area (Å²) in [6.45, 7) is 1.87. The fraction of sp³-hybridized carbons (Fsp3) is 0.400. The fourth-order valence-corrected chi connectivity index (χ4v) is 2.18. The summed E-state index contributed by atoms with van der Waals surface area (Å²) in [4.78, 5) is 11.6. The highest BCUT2D eigenvalue weighted by atomic mass is 16.5. The van der Waals surface area contributed by atoms with Crippen LogP contribution in [0.4, 0.5) is 0 Å². The van der Waals surface area contributed by atoms with Gasteiger partial charge in [-0.05, 0) is 43.0 Å². The number of aliphatic hydroxyl groups is 1. The molecule has 2 rings (SSSR count). The molecule has 1 aliphatic carbocycles. The maximum Gasteiger partial charge on any atom is 0.261 e. The number of fused-ring (bicyclic) bond motifs is 1. The van der Waals surface area contributed by atoms with Gasteiger partial charge in [0.05, 0.1) is 12.6 Å². The molecule has 0 spiro atoms. The lowest BCUT2D eigenvalue weighted by atomic mass is 10.1. The van der Waals surface area contributed by atoms with Crippen molar-refractivity contribution in [1.82, 2.24) is 5.32 Å². The largest absolute Gasteiger partial charge is 0.481 e. The van der Waals surface area contributed by atoms with Crippen LogP contribution < -0.4 is 10.1 Å². The number of rotatable bonds is 4. The first-order valence-electron chi connectivity index (χ1n) is 6.30. The summed E-state index contributed by atoms with van der Waals surface area (Å²) in [7, 11) is 0. The molecule has 2 atom stereocenters. The van der Waals surface area contributed by atoms with Crippen molar-refractivity contribution in [2.75, 3.05) is 6.54 Å². The van der Waals surface area contributed by atoms with Crippen LogP contribution in [0.15, 0.2) is 18.2 Å². The van der Waals surface area contributed by atoms with E-state index in [0.717, 1.165) is 24.0 Å². The van der Waals surface area contributed by atoms with Gasteiger partial charge in [0, 0.05) is 0 Å². The van der Waals surface area contributed by atoms with Gasteiger partial charge in [-0.2, -0.15) is 0 Å². The molecule has 0 fully saturated rings. The molecule has 1 unspecified atom stereocenters. The van der Waals surface area contributed by atoms with E-state index in [1.165, 1.54) is 0 Å². The maximum atomic E-state index is 11.6. The van der Waals surface area contributed by atoms with Crippen LogP contribution in [-0.2, 0) is 11.2 Å². The number of aryl methyl sites for hydroxylation is 1. The Balaban J connectivity index is 2.00. The molecule has 0 bridgehead atoms. The van der Waals surface area contributed by atoms with Crippen LogP contribution in [-0.4, -0.2) is 23.7 Å². The van der Waals surface area contributed by atoms with Gasteiger partial charge in [-0.3, -0.25) is 4.79 Å². The molecule has 1 aliphatic rings. The quantitative estimate of drug-likeness (QED) is 0.798. The maximum absolute atomic E-state index is 11.6. The number of amides is 1. The van der Waals surface area contributed by atoms with E-state index < -0.39 is 6.10 Å². The number of nitrogens with one attached hydrogen (secondary N) is 1. The third-order valence-electron chi connectivity index (χ3n) is 3.21. The van der Waals surface area contributed by atoms with Crippen molar-refractivity contribution >= 4 is 5.91 Å². The molecule has 19 heavy (non-hydrogen) atoms. The zero-order valence-electron chi connectivity index (χ0n) is 10.8. The number of terminal acetylenes is 1. The second kappa shape index (κ2) is 5.77. The predicted octanol–water partition coefficient (Wildman–Crippen LogP) is 1.18. The highest BCUT2D eigenvalue weighted by molar-refractivity contribution is 5.80. The number of ether oxygens (including phenoxy) is 1. The summed E-state index contributed by atoms with van der Waals surface area (Å²) in [6, 6.07) is 5.52. The van der Waals surface area contributed by atoms with Crippen molar-refractivity contribution in [3.63, 3.8) is 0 Å². The van der Waals surface area contributed by atoms with E-state index in [2.05, 4.69) is 11.2 Å². The topological polar surface area (TPSA) is 58.6 Å². The van der Waals surface area contributed by atoms with Crippen molar-refractivity contribution in [3.05, 3.63) is 29.3 Å². The standard InChI is InChI=1S/C15H17NO3/c1-3-8-16-15(18)10(2)19-12-5-6-13-11(9-12)4-7-14(13)17/h1,5-6,9-10,14,17H,4,7-8H2,2H3,(H,16,18)/t10?,14-/m1/s1. The lowest BCUT2D eigenvalue weighted by Crippen LogP contribution is -2.36. The molecule has 1 aromatic rings. The van der Waals surface area contributed by atoms with Crippen LogP contribution in [0.3, 0.4) is 0 Å². The average molecular weight is 259 g/mol. The number of aliphatic hydroxyl groups excluding tert-OH is 1. The number of benzene rings is 1. The van der Waals surface area contributed by atoms with Gasteiger partial charge in [-0.1, -0.05) is 12.0 Å². The van der Waals surface area contributed by atoms with Crippen LogP contribution >= 0.6 is 0 Å². The third kappa shape index (κ3) is 3.07.